The second kappa shape index (κ2) is 7.45. The van der Waals surface area contributed by atoms with Gasteiger partial charge in [-0.25, -0.2) is 0 Å². The highest BCUT2D eigenvalue weighted by Gasteiger charge is 1.97. The van der Waals surface area contributed by atoms with Crippen LogP contribution in [-0.4, -0.2) is 13.2 Å². The van der Waals surface area contributed by atoms with Crippen molar-refractivity contribution in [1.29, 1.82) is 0 Å². The van der Waals surface area contributed by atoms with Gasteiger partial charge in [-0.1, -0.05) is 45.0 Å². The first-order chi connectivity index (χ1) is 7.72. The van der Waals surface area contributed by atoms with Crippen molar-refractivity contribution in [2.45, 2.75) is 40.0 Å². The number of rotatable bonds is 7. The third-order valence-corrected chi connectivity index (χ3v) is 2.60. The van der Waals surface area contributed by atoms with Crippen LogP contribution in [0.25, 0.3) is 0 Å². The van der Waals surface area contributed by atoms with Crippen molar-refractivity contribution in [1.82, 2.24) is 0 Å². The van der Waals surface area contributed by atoms with Gasteiger partial charge in [0.15, 0.2) is 0 Å². The van der Waals surface area contributed by atoms with Crippen LogP contribution >= 0.6 is 0 Å². The van der Waals surface area contributed by atoms with Crippen LogP contribution in [0.15, 0.2) is 24.3 Å². The van der Waals surface area contributed by atoms with Crippen LogP contribution in [0.3, 0.4) is 0 Å². The Kier molecular flexibility index (Phi) is 6.17. The number of benzene rings is 1. The van der Waals surface area contributed by atoms with Gasteiger partial charge in [-0.3, -0.25) is 0 Å². The molecule has 0 saturated carbocycles. The molecule has 0 aromatic heterocycles. The molecule has 1 nitrogen and oxygen atoms in total. The molecule has 0 spiro atoms. The highest BCUT2D eigenvalue weighted by atomic mass is 16.5. The summed E-state index contributed by atoms with van der Waals surface area (Å²) in [5.74, 6) is 0.642. The largest absolute Gasteiger partial charge is 0.381 e. The van der Waals surface area contributed by atoms with Gasteiger partial charge in [0, 0.05) is 13.2 Å². The van der Waals surface area contributed by atoms with E-state index in [2.05, 4.69) is 45.0 Å². The van der Waals surface area contributed by atoms with Crippen molar-refractivity contribution in [3.05, 3.63) is 35.4 Å². The number of hydrogen-bond acceptors (Lipinski definition) is 1. The normalized spacial score (nSPS) is 11.0. The summed E-state index contributed by atoms with van der Waals surface area (Å²) in [6, 6.07) is 8.87. The predicted molar refractivity (Wildman–Crippen MR) is 69.8 cm³/mol. The van der Waals surface area contributed by atoms with Gasteiger partial charge in [-0.15, -0.1) is 0 Å². The van der Waals surface area contributed by atoms with E-state index in [1.165, 1.54) is 11.1 Å². The second-order valence-corrected chi connectivity index (χ2v) is 4.75. The standard InChI is InChI=1S/C15H24O/c1-4-14-7-5-8-15(11-14)9-6-10-16-12-13(2)3/h5,7-8,11,13H,4,6,9-10,12H2,1-3H3. The molecule has 0 atom stereocenters. The lowest BCUT2D eigenvalue weighted by Crippen LogP contribution is -2.04. The average Bonchev–Trinajstić information content (AvgIpc) is 2.28. The average molecular weight is 220 g/mol. The highest BCUT2D eigenvalue weighted by Crippen LogP contribution is 2.08. The lowest BCUT2D eigenvalue weighted by atomic mass is 10.1. The minimum Gasteiger partial charge on any atom is -0.381 e. The molecule has 0 fully saturated rings. The van der Waals surface area contributed by atoms with Crippen molar-refractivity contribution in [3.63, 3.8) is 0 Å². The maximum Gasteiger partial charge on any atom is 0.0488 e. The van der Waals surface area contributed by atoms with Crippen LogP contribution in [0.2, 0.25) is 0 Å². The Morgan fingerprint density at radius 2 is 1.94 bits per heavy atom. The van der Waals surface area contributed by atoms with Gasteiger partial charge in [-0.2, -0.15) is 0 Å². The van der Waals surface area contributed by atoms with Gasteiger partial charge < -0.3 is 4.74 Å². The summed E-state index contributed by atoms with van der Waals surface area (Å²) in [5.41, 5.74) is 2.87. The zero-order valence-corrected chi connectivity index (χ0v) is 10.8. The van der Waals surface area contributed by atoms with Crippen molar-refractivity contribution in [3.8, 4) is 0 Å². The van der Waals surface area contributed by atoms with E-state index in [0.29, 0.717) is 5.92 Å². The summed E-state index contributed by atoms with van der Waals surface area (Å²) in [6.07, 6.45) is 3.38. The Bertz CT molecular complexity index is 291. The number of ether oxygens (including phenoxy) is 1. The van der Waals surface area contributed by atoms with Crippen molar-refractivity contribution in [2.75, 3.05) is 13.2 Å². The van der Waals surface area contributed by atoms with Crippen LogP contribution in [0.4, 0.5) is 0 Å². The van der Waals surface area contributed by atoms with Crippen LogP contribution in [0, 0.1) is 5.92 Å². The molecule has 1 rings (SSSR count). The Balaban J connectivity index is 2.21. The lowest BCUT2D eigenvalue weighted by molar-refractivity contribution is 0.108. The summed E-state index contributed by atoms with van der Waals surface area (Å²) in [4.78, 5) is 0. The highest BCUT2D eigenvalue weighted by molar-refractivity contribution is 5.23. The summed E-state index contributed by atoms with van der Waals surface area (Å²) in [7, 11) is 0. The number of hydrogen-bond donors (Lipinski definition) is 0. The van der Waals surface area contributed by atoms with Gasteiger partial charge in [0.05, 0.1) is 0 Å². The van der Waals surface area contributed by atoms with E-state index in [9.17, 15) is 0 Å². The minimum atomic E-state index is 0.642. The molecule has 0 aliphatic carbocycles. The van der Waals surface area contributed by atoms with Crippen LogP contribution in [0.5, 0.6) is 0 Å². The Hall–Kier alpha value is -0.820. The van der Waals surface area contributed by atoms with Crippen molar-refractivity contribution < 1.29 is 4.74 Å². The Morgan fingerprint density at radius 1 is 1.19 bits per heavy atom. The predicted octanol–water partition coefficient (Wildman–Crippen LogP) is 3.85. The fourth-order valence-corrected chi connectivity index (χ4v) is 1.70. The maximum absolute atomic E-state index is 5.57. The fraction of sp³-hybridized carbons (Fsp3) is 0.600. The summed E-state index contributed by atoms with van der Waals surface area (Å²) < 4.78 is 5.57. The third kappa shape index (κ3) is 5.32. The third-order valence-electron chi connectivity index (χ3n) is 2.60. The topological polar surface area (TPSA) is 9.23 Å². The van der Waals surface area contributed by atoms with Crippen molar-refractivity contribution >= 4 is 0 Å². The van der Waals surface area contributed by atoms with Crippen molar-refractivity contribution in [2.24, 2.45) is 5.92 Å². The summed E-state index contributed by atoms with van der Waals surface area (Å²) in [5, 5.41) is 0. The Labute approximate surface area is 99.8 Å². The summed E-state index contributed by atoms with van der Waals surface area (Å²) in [6.45, 7) is 8.34. The van der Waals surface area contributed by atoms with Gasteiger partial charge in [0.1, 0.15) is 0 Å². The molecule has 0 amide bonds. The van der Waals surface area contributed by atoms with Gasteiger partial charge in [-0.05, 0) is 36.3 Å². The molecule has 0 radical (unpaired) electrons. The molecule has 0 aliphatic heterocycles. The molecule has 0 heterocycles. The number of aryl methyl sites for hydroxylation is 2. The van der Waals surface area contributed by atoms with Crippen LogP contribution in [-0.2, 0) is 17.6 Å². The van der Waals surface area contributed by atoms with E-state index in [-0.39, 0.29) is 0 Å². The first-order valence-electron chi connectivity index (χ1n) is 6.38. The zero-order chi connectivity index (χ0) is 11.8. The second-order valence-electron chi connectivity index (χ2n) is 4.75. The first-order valence-corrected chi connectivity index (χ1v) is 6.38. The molecule has 0 bridgehead atoms. The maximum atomic E-state index is 5.57. The molecule has 90 valence electrons. The molecule has 1 aromatic carbocycles. The van der Waals surface area contributed by atoms with Crippen LogP contribution in [0.1, 0.15) is 38.3 Å². The molecular formula is C15H24O. The summed E-state index contributed by atoms with van der Waals surface area (Å²) >= 11 is 0. The van der Waals surface area contributed by atoms with E-state index < -0.39 is 0 Å². The molecule has 0 unspecified atom stereocenters. The van der Waals surface area contributed by atoms with Gasteiger partial charge in [0.2, 0.25) is 0 Å². The van der Waals surface area contributed by atoms with Gasteiger partial charge >= 0.3 is 0 Å². The molecule has 0 N–H and O–H groups in total. The zero-order valence-electron chi connectivity index (χ0n) is 10.8. The Morgan fingerprint density at radius 3 is 2.62 bits per heavy atom. The van der Waals surface area contributed by atoms with Gasteiger partial charge in [0.25, 0.3) is 0 Å². The molecule has 0 aliphatic rings. The lowest BCUT2D eigenvalue weighted by Gasteiger charge is -2.07. The quantitative estimate of drug-likeness (QED) is 0.634. The molecule has 16 heavy (non-hydrogen) atoms. The minimum absolute atomic E-state index is 0.642. The molecule has 1 aromatic rings. The smallest absolute Gasteiger partial charge is 0.0488 e. The van der Waals surface area contributed by atoms with E-state index >= 15 is 0 Å². The van der Waals surface area contributed by atoms with Crippen LogP contribution < -0.4 is 0 Å². The monoisotopic (exact) mass is 220 g/mol. The van der Waals surface area contributed by atoms with E-state index in [0.717, 1.165) is 32.5 Å². The molecule has 1 heteroatoms. The molecular weight excluding hydrogens is 196 g/mol. The molecule has 0 saturated heterocycles. The van der Waals surface area contributed by atoms with E-state index in [1.807, 2.05) is 0 Å². The first kappa shape index (κ1) is 13.2. The van der Waals surface area contributed by atoms with E-state index in [4.69, 9.17) is 4.74 Å². The fourth-order valence-electron chi connectivity index (χ4n) is 1.70. The van der Waals surface area contributed by atoms with E-state index in [1.54, 1.807) is 0 Å². The SMILES string of the molecule is CCc1cccc(CCCOCC(C)C)c1.